The Kier molecular flexibility index (Phi) is 4.24. The van der Waals surface area contributed by atoms with Crippen molar-refractivity contribution in [2.75, 3.05) is 5.75 Å². The van der Waals surface area contributed by atoms with Crippen LogP contribution in [0.15, 0.2) is 29.6 Å². The molecule has 0 aliphatic heterocycles. The van der Waals surface area contributed by atoms with E-state index in [1.807, 2.05) is 6.07 Å². The lowest BCUT2D eigenvalue weighted by atomic mass is 10.2. The molecule has 1 nitrogen and oxygen atoms in total. The largest absolute Gasteiger partial charge is 0.288 e. The van der Waals surface area contributed by atoms with E-state index in [-0.39, 0.29) is 5.12 Å². The number of carbonyl (C=O) groups is 1. The van der Waals surface area contributed by atoms with E-state index in [9.17, 15) is 4.79 Å². The number of hydrogen-bond donors (Lipinski definition) is 0. The van der Waals surface area contributed by atoms with Gasteiger partial charge in [-0.2, -0.15) is 0 Å². The van der Waals surface area contributed by atoms with Crippen LogP contribution in [-0.4, -0.2) is 10.9 Å². The molecule has 86 valence electrons. The lowest BCUT2D eigenvalue weighted by Crippen LogP contribution is -1.84. The molecule has 0 saturated carbocycles. The maximum absolute atomic E-state index is 10.7. The summed E-state index contributed by atoms with van der Waals surface area (Å²) in [5.41, 5.74) is 1.05. The van der Waals surface area contributed by atoms with Gasteiger partial charge in [0.15, 0.2) is 5.12 Å². The summed E-state index contributed by atoms with van der Waals surface area (Å²) in [6.45, 7) is 1.59. The molecule has 0 N–H and O–H groups in total. The van der Waals surface area contributed by atoms with E-state index in [2.05, 4.69) is 35.4 Å². The van der Waals surface area contributed by atoms with Gasteiger partial charge in [-0.1, -0.05) is 29.7 Å². The van der Waals surface area contributed by atoms with Gasteiger partial charge in [-0.05, 0) is 29.0 Å². The van der Waals surface area contributed by atoms with Crippen molar-refractivity contribution in [1.29, 1.82) is 0 Å². The van der Waals surface area contributed by atoms with E-state index in [1.54, 1.807) is 18.3 Å². The quantitative estimate of drug-likeness (QED) is 0.601. The molecule has 0 atom stereocenters. The summed E-state index contributed by atoms with van der Waals surface area (Å²) < 4.78 is 1.27. The molecule has 0 aliphatic rings. The van der Waals surface area contributed by atoms with Crippen LogP contribution in [0, 0.1) is 11.8 Å². The fraction of sp³-hybridized carbons (Fsp3) is 0.214. The molecule has 2 aromatic rings. The van der Waals surface area contributed by atoms with Crippen LogP contribution >= 0.6 is 23.1 Å². The molecule has 2 rings (SSSR count). The highest BCUT2D eigenvalue weighted by molar-refractivity contribution is 8.13. The molecule has 0 saturated heterocycles. The highest BCUT2D eigenvalue weighted by Crippen LogP contribution is 2.21. The Balaban J connectivity index is 1.98. The van der Waals surface area contributed by atoms with Crippen LogP contribution in [0.25, 0.3) is 10.1 Å². The minimum Gasteiger partial charge on any atom is -0.288 e. The van der Waals surface area contributed by atoms with Gasteiger partial charge in [0, 0.05) is 29.4 Å². The summed E-state index contributed by atoms with van der Waals surface area (Å²) >= 11 is 3.06. The summed E-state index contributed by atoms with van der Waals surface area (Å²) in [5.74, 6) is 7.01. The first kappa shape index (κ1) is 12.2. The number of benzene rings is 1. The van der Waals surface area contributed by atoms with E-state index in [4.69, 9.17) is 0 Å². The van der Waals surface area contributed by atoms with Crippen LogP contribution in [-0.2, 0) is 4.79 Å². The molecule has 1 aromatic carbocycles. The zero-order valence-electron chi connectivity index (χ0n) is 9.53. The third kappa shape index (κ3) is 3.62. The summed E-state index contributed by atoms with van der Waals surface area (Å²) in [7, 11) is 0. The number of fused-ring (bicyclic) bond motifs is 1. The fourth-order valence-electron chi connectivity index (χ4n) is 1.44. The molecule has 0 spiro atoms. The van der Waals surface area contributed by atoms with Crippen LogP contribution < -0.4 is 0 Å². The second-order valence-electron chi connectivity index (χ2n) is 3.57. The zero-order valence-corrected chi connectivity index (χ0v) is 11.2. The molecule has 1 aromatic heterocycles. The zero-order chi connectivity index (χ0) is 12.1. The molecule has 0 fully saturated rings. The van der Waals surface area contributed by atoms with Gasteiger partial charge in [0.05, 0.1) is 0 Å². The predicted molar refractivity (Wildman–Crippen MR) is 76.5 cm³/mol. The van der Waals surface area contributed by atoms with Gasteiger partial charge < -0.3 is 0 Å². The van der Waals surface area contributed by atoms with Crippen LogP contribution in [0.2, 0.25) is 0 Å². The van der Waals surface area contributed by atoms with E-state index in [1.165, 1.54) is 21.8 Å². The number of thiophene rings is 1. The number of thioether (sulfide) groups is 1. The molecule has 0 radical (unpaired) electrons. The Morgan fingerprint density at radius 1 is 1.41 bits per heavy atom. The van der Waals surface area contributed by atoms with E-state index >= 15 is 0 Å². The maximum Gasteiger partial charge on any atom is 0.185 e. The lowest BCUT2D eigenvalue weighted by molar-refractivity contribution is -0.109. The molecule has 0 unspecified atom stereocenters. The topological polar surface area (TPSA) is 17.1 Å². The second-order valence-corrected chi connectivity index (χ2v) is 5.78. The average Bonchev–Trinajstić information content (AvgIpc) is 2.75. The minimum absolute atomic E-state index is 0.159. The standard InChI is InChI=1S/C14H12OS2/c1-11(15)16-8-3-2-4-12-5-6-13-7-9-17-14(13)10-12/h5-7,9-10H,3,8H2,1H3. The summed E-state index contributed by atoms with van der Waals surface area (Å²) in [5, 5.41) is 3.52. The van der Waals surface area contributed by atoms with Crippen molar-refractivity contribution in [1.82, 2.24) is 0 Å². The molecular weight excluding hydrogens is 248 g/mol. The van der Waals surface area contributed by atoms with Crippen LogP contribution in [0.4, 0.5) is 0 Å². The molecule has 1 heterocycles. The number of carbonyl (C=O) groups excluding carboxylic acids is 1. The highest BCUT2D eigenvalue weighted by atomic mass is 32.2. The number of hydrogen-bond acceptors (Lipinski definition) is 3. The SMILES string of the molecule is CC(=O)SCCC#Cc1ccc2ccsc2c1. The number of rotatable bonds is 2. The summed E-state index contributed by atoms with van der Waals surface area (Å²) in [4.78, 5) is 10.7. The van der Waals surface area contributed by atoms with Gasteiger partial charge in [-0.25, -0.2) is 0 Å². The molecule has 0 bridgehead atoms. The van der Waals surface area contributed by atoms with Crippen molar-refractivity contribution in [2.24, 2.45) is 0 Å². The minimum atomic E-state index is 0.159. The van der Waals surface area contributed by atoms with Crippen molar-refractivity contribution in [3.63, 3.8) is 0 Å². The normalized spacial score (nSPS) is 9.94. The van der Waals surface area contributed by atoms with Crippen molar-refractivity contribution < 1.29 is 4.79 Å². The fourth-order valence-corrected chi connectivity index (χ4v) is 2.76. The van der Waals surface area contributed by atoms with Gasteiger partial charge in [0.1, 0.15) is 0 Å². The molecule has 3 heteroatoms. The Bertz CT molecular complexity index is 587. The van der Waals surface area contributed by atoms with Crippen LogP contribution in [0.3, 0.4) is 0 Å². The highest BCUT2D eigenvalue weighted by Gasteiger charge is 1.95. The Morgan fingerprint density at radius 3 is 3.12 bits per heavy atom. The van der Waals surface area contributed by atoms with Crippen molar-refractivity contribution in [2.45, 2.75) is 13.3 Å². The van der Waals surface area contributed by atoms with Crippen LogP contribution in [0.5, 0.6) is 0 Å². The van der Waals surface area contributed by atoms with Crippen molar-refractivity contribution in [3.8, 4) is 11.8 Å². The summed E-state index contributed by atoms with van der Waals surface area (Å²) in [6, 6.07) is 8.37. The first-order chi connectivity index (χ1) is 8.25. The summed E-state index contributed by atoms with van der Waals surface area (Å²) in [6.07, 6.45) is 0.757. The molecule has 17 heavy (non-hydrogen) atoms. The van der Waals surface area contributed by atoms with Gasteiger partial charge in [-0.15, -0.1) is 11.3 Å². The van der Waals surface area contributed by atoms with Gasteiger partial charge in [0.2, 0.25) is 0 Å². The van der Waals surface area contributed by atoms with E-state index in [0.717, 1.165) is 17.7 Å². The molecule has 0 amide bonds. The van der Waals surface area contributed by atoms with Gasteiger partial charge >= 0.3 is 0 Å². The second kappa shape index (κ2) is 5.90. The third-order valence-electron chi connectivity index (χ3n) is 2.22. The van der Waals surface area contributed by atoms with Crippen molar-refractivity contribution >= 4 is 38.3 Å². The smallest absolute Gasteiger partial charge is 0.185 e. The average molecular weight is 260 g/mol. The first-order valence-electron chi connectivity index (χ1n) is 5.35. The van der Waals surface area contributed by atoms with E-state index in [0.29, 0.717) is 0 Å². The van der Waals surface area contributed by atoms with Gasteiger partial charge in [-0.3, -0.25) is 4.79 Å². The molecule has 0 aliphatic carbocycles. The maximum atomic E-state index is 10.7. The predicted octanol–water partition coefficient (Wildman–Crippen LogP) is 3.92. The molecular formula is C14H12OS2. The van der Waals surface area contributed by atoms with Gasteiger partial charge in [0.25, 0.3) is 0 Å². The third-order valence-corrected chi connectivity index (χ3v) is 3.92. The first-order valence-corrected chi connectivity index (χ1v) is 7.22. The Hall–Kier alpha value is -1.24. The lowest BCUT2D eigenvalue weighted by Gasteiger charge is -1.92. The van der Waals surface area contributed by atoms with Crippen molar-refractivity contribution in [3.05, 3.63) is 35.2 Å². The van der Waals surface area contributed by atoms with Crippen LogP contribution in [0.1, 0.15) is 18.9 Å². The van der Waals surface area contributed by atoms with E-state index < -0.39 is 0 Å². The monoisotopic (exact) mass is 260 g/mol. The Labute approximate surface area is 109 Å². The Morgan fingerprint density at radius 2 is 2.29 bits per heavy atom.